The van der Waals surface area contributed by atoms with Crippen LogP contribution in [0, 0.1) is 5.92 Å². The van der Waals surface area contributed by atoms with E-state index in [4.69, 9.17) is 15.2 Å². The van der Waals surface area contributed by atoms with Gasteiger partial charge in [0.2, 0.25) is 5.91 Å². The highest BCUT2D eigenvalue weighted by Gasteiger charge is 2.02. The Labute approximate surface area is 120 Å². The van der Waals surface area contributed by atoms with Crippen LogP contribution in [-0.2, 0) is 14.3 Å². The van der Waals surface area contributed by atoms with E-state index >= 15 is 0 Å². The first-order valence-corrected chi connectivity index (χ1v) is 6.89. The Hall–Kier alpha value is -1.59. The van der Waals surface area contributed by atoms with Crippen LogP contribution in [0.5, 0.6) is 0 Å². The monoisotopic (exact) mass is 280 g/mol. The highest BCUT2D eigenvalue weighted by Crippen LogP contribution is 2.10. The predicted molar refractivity (Wildman–Crippen MR) is 80.6 cm³/mol. The fourth-order valence-electron chi connectivity index (χ4n) is 1.49. The van der Waals surface area contributed by atoms with Gasteiger partial charge in [0.05, 0.1) is 26.2 Å². The molecule has 0 aliphatic carbocycles. The summed E-state index contributed by atoms with van der Waals surface area (Å²) in [5, 5.41) is 2.78. The Morgan fingerprint density at radius 2 is 1.80 bits per heavy atom. The van der Waals surface area contributed by atoms with Crippen LogP contribution in [0.15, 0.2) is 24.3 Å². The first-order chi connectivity index (χ1) is 9.58. The van der Waals surface area contributed by atoms with Crippen molar-refractivity contribution < 1.29 is 14.3 Å². The number of nitrogens with one attached hydrogen (secondary N) is 1. The van der Waals surface area contributed by atoms with Crippen LogP contribution < -0.4 is 11.1 Å². The third-order valence-electron chi connectivity index (χ3n) is 2.49. The number of hydrogen-bond donors (Lipinski definition) is 2. The molecule has 5 nitrogen and oxygen atoms in total. The zero-order valence-electron chi connectivity index (χ0n) is 12.2. The molecule has 0 aromatic heterocycles. The molecule has 0 heterocycles. The van der Waals surface area contributed by atoms with Gasteiger partial charge in [-0.05, 0) is 30.2 Å². The molecule has 1 aromatic carbocycles. The van der Waals surface area contributed by atoms with Crippen molar-refractivity contribution in [2.75, 3.05) is 37.5 Å². The molecule has 0 unspecified atom stereocenters. The molecular weight excluding hydrogens is 256 g/mol. The lowest BCUT2D eigenvalue weighted by molar-refractivity contribution is -0.117. The Morgan fingerprint density at radius 1 is 1.15 bits per heavy atom. The summed E-state index contributed by atoms with van der Waals surface area (Å²) >= 11 is 0. The zero-order valence-corrected chi connectivity index (χ0v) is 12.2. The number of carbonyl (C=O) groups excluding carboxylic acids is 1. The quantitative estimate of drug-likeness (QED) is 0.537. The maximum atomic E-state index is 11.6. The number of anilines is 2. The second-order valence-corrected chi connectivity index (χ2v) is 5.00. The van der Waals surface area contributed by atoms with E-state index in [0.717, 1.165) is 12.3 Å². The zero-order chi connectivity index (χ0) is 14.8. The first kappa shape index (κ1) is 16.5. The summed E-state index contributed by atoms with van der Waals surface area (Å²) in [6.45, 7) is 6.41. The molecule has 0 spiro atoms. The van der Waals surface area contributed by atoms with Crippen molar-refractivity contribution in [2.45, 2.75) is 20.3 Å². The number of nitrogen functional groups attached to an aromatic ring is 1. The van der Waals surface area contributed by atoms with Crippen LogP contribution in [0.1, 0.15) is 20.3 Å². The lowest BCUT2D eigenvalue weighted by Gasteiger charge is -2.08. The van der Waals surface area contributed by atoms with Gasteiger partial charge in [0.15, 0.2) is 0 Å². The van der Waals surface area contributed by atoms with Crippen molar-refractivity contribution in [1.82, 2.24) is 0 Å². The Balaban J connectivity index is 2.04. The average molecular weight is 280 g/mol. The number of amides is 1. The standard InChI is InChI=1S/C15H24N2O3/c1-12(2)11-20-10-9-19-8-7-15(18)17-14-5-3-13(16)4-6-14/h3-6,12H,7-11,16H2,1-2H3,(H,17,18). The van der Waals surface area contributed by atoms with Crippen LogP contribution in [0.25, 0.3) is 0 Å². The molecule has 0 bridgehead atoms. The van der Waals surface area contributed by atoms with Crippen LogP contribution in [0.4, 0.5) is 11.4 Å². The van der Waals surface area contributed by atoms with Crippen molar-refractivity contribution >= 4 is 17.3 Å². The minimum absolute atomic E-state index is 0.0714. The number of benzene rings is 1. The van der Waals surface area contributed by atoms with Crippen LogP contribution in [0.3, 0.4) is 0 Å². The van der Waals surface area contributed by atoms with E-state index in [1.54, 1.807) is 24.3 Å². The lowest BCUT2D eigenvalue weighted by Crippen LogP contribution is -2.15. The molecule has 0 aliphatic rings. The maximum Gasteiger partial charge on any atom is 0.226 e. The van der Waals surface area contributed by atoms with Gasteiger partial charge in [0, 0.05) is 18.0 Å². The highest BCUT2D eigenvalue weighted by atomic mass is 16.5. The topological polar surface area (TPSA) is 73.6 Å². The van der Waals surface area contributed by atoms with E-state index in [2.05, 4.69) is 19.2 Å². The number of ether oxygens (including phenoxy) is 2. The number of rotatable bonds is 9. The minimum atomic E-state index is -0.0714. The summed E-state index contributed by atoms with van der Waals surface area (Å²) in [6.07, 6.45) is 0.328. The molecule has 0 radical (unpaired) electrons. The Morgan fingerprint density at radius 3 is 2.45 bits per heavy atom. The number of hydrogen-bond acceptors (Lipinski definition) is 4. The molecule has 0 saturated carbocycles. The lowest BCUT2D eigenvalue weighted by atomic mass is 10.2. The van der Waals surface area contributed by atoms with Gasteiger partial charge < -0.3 is 20.5 Å². The normalized spacial score (nSPS) is 10.8. The molecule has 20 heavy (non-hydrogen) atoms. The van der Waals surface area contributed by atoms with E-state index in [1.807, 2.05) is 0 Å². The third-order valence-corrected chi connectivity index (χ3v) is 2.49. The minimum Gasteiger partial charge on any atom is -0.399 e. The Bertz CT molecular complexity index is 391. The summed E-state index contributed by atoms with van der Waals surface area (Å²) in [6, 6.07) is 7.04. The van der Waals surface area contributed by atoms with E-state index in [1.165, 1.54) is 0 Å². The molecule has 112 valence electrons. The van der Waals surface area contributed by atoms with Gasteiger partial charge in [0.25, 0.3) is 0 Å². The second kappa shape index (κ2) is 9.34. The SMILES string of the molecule is CC(C)COCCOCCC(=O)Nc1ccc(N)cc1. The van der Waals surface area contributed by atoms with E-state index in [-0.39, 0.29) is 5.91 Å². The van der Waals surface area contributed by atoms with Crippen molar-refractivity contribution in [3.05, 3.63) is 24.3 Å². The molecule has 0 aliphatic heterocycles. The van der Waals surface area contributed by atoms with Crippen molar-refractivity contribution in [3.63, 3.8) is 0 Å². The summed E-state index contributed by atoms with van der Waals surface area (Å²) in [5.74, 6) is 0.457. The van der Waals surface area contributed by atoms with E-state index < -0.39 is 0 Å². The van der Waals surface area contributed by atoms with Gasteiger partial charge in [-0.1, -0.05) is 13.8 Å². The fraction of sp³-hybridized carbons (Fsp3) is 0.533. The predicted octanol–water partition coefficient (Wildman–Crippen LogP) is 2.29. The third kappa shape index (κ3) is 7.76. The van der Waals surface area contributed by atoms with Gasteiger partial charge in [-0.15, -0.1) is 0 Å². The number of nitrogens with two attached hydrogens (primary N) is 1. The molecule has 0 fully saturated rings. The Kier molecular flexibility index (Phi) is 7.69. The molecule has 1 rings (SSSR count). The summed E-state index contributed by atoms with van der Waals surface area (Å²) in [4.78, 5) is 11.6. The van der Waals surface area contributed by atoms with E-state index in [0.29, 0.717) is 37.8 Å². The molecule has 5 heteroatoms. The maximum absolute atomic E-state index is 11.6. The van der Waals surface area contributed by atoms with Crippen LogP contribution in [-0.4, -0.2) is 32.3 Å². The highest BCUT2D eigenvalue weighted by molar-refractivity contribution is 5.90. The van der Waals surface area contributed by atoms with Gasteiger partial charge in [-0.25, -0.2) is 0 Å². The van der Waals surface area contributed by atoms with Crippen molar-refractivity contribution in [3.8, 4) is 0 Å². The summed E-state index contributed by atoms with van der Waals surface area (Å²) < 4.78 is 10.7. The molecule has 0 saturated heterocycles. The number of carbonyl (C=O) groups is 1. The molecule has 1 aromatic rings. The first-order valence-electron chi connectivity index (χ1n) is 6.89. The molecule has 3 N–H and O–H groups in total. The van der Waals surface area contributed by atoms with Gasteiger partial charge >= 0.3 is 0 Å². The van der Waals surface area contributed by atoms with Crippen LogP contribution >= 0.6 is 0 Å². The molecule has 1 amide bonds. The largest absolute Gasteiger partial charge is 0.399 e. The second-order valence-electron chi connectivity index (χ2n) is 5.00. The van der Waals surface area contributed by atoms with Crippen molar-refractivity contribution in [2.24, 2.45) is 5.92 Å². The molecule has 0 atom stereocenters. The summed E-state index contributed by atoms with van der Waals surface area (Å²) in [5.41, 5.74) is 6.98. The molecular formula is C15H24N2O3. The van der Waals surface area contributed by atoms with Crippen LogP contribution in [0.2, 0.25) is 0 Å². The fourth-order valence-corrected chi connectivity index (χ4v) is 1.49. The average Bonchev–Trinajstić information content (AvgIpc) is 2.40. The van der Waals surface area contributed by atoms with E-state index in [9.17, 15) is 4.79 Å². The van der Waals surface area contributed by atoms with Gasteiger partial charge in [-0.3, -0.25) is 4.79 Å². The van der Waals surface area contributed by atoms with Crippen molar-refractivity contribution in [1.29, 1.82) is 0 Å². The smallest absolute Gasteiger partial charge is 0.226 e. The summed E-state index contributed by atoms with van der Waals surface area (Å²) in [7, 11) is 0. The van der Waals surface area contributed by atoms with Gasteiger partial charge in [0.1, 0.15) is 0 Å². The van der Waals surface area contributed by atoms with Gasteiger partial charge in [-0.2, -0.15) is 0 Å².